The largest absolute Gasteiger partial charge is 0.467 e. The summed E-state index contributed by atoms with van der Waals surface area (Å²) >= 11 is 0. The van der Waals surface area contributed by atoms with Gasteiger partial charge in [0, 0.05) is 24.7 Å². The molecule has 1 amide bonds. The van der Waals surface area contributed by atoms with Gasteiger partial charge in [0.1, 0.15) is 5.60 Å². The topological polar surface area (TPSA) is 64.6 Å². The van der Waals surface area contributed by atoms with Crippen LogP contribution in [0.5, 0.6) is 6.01 Å². The summed E-state index contributed by atoms with van der Waals surface area (Å²) in [5.41, 5.74) is 1.40. The smallest absolute Gasteiger partial charge is 0.410 e. The summed E-state index contributed by atoms with van der Waals surface area (Å²) in [6, 6.07) is 0.365. The molecule has 1 aliphatic rings. The molecular formula is C13H19N3O3. The van der Waals surface area contributed by atoms with Crippen LogP contribution in [0.3, 0.4) is 0 Å². The number of hydrogen-bond donors (Lipinski definition) is 0. The Morgan fingerprint density at radius 2 is 2.16 bits per heavy atom. The van der Waals surface area contributed by atoms with Gasteiger partial charge in [-0.15, -0.1) is 0 Å². The molecule has 19 heavy (non-hydrogen) atoms. The molecule has 6 heteroatoms. The Kier molecular flexibility index (Phi) is 3.59. The molecule has 1 aromatic rings. The van der Waals surface area contributed by atoms with Gasteiger partial charge in [-0.1, -0.05) is 0 Å². The van der Waals surface area contributed by atoms with Crippen LogP contribution < -0.4 is 4.74 Å². The number of carbonyl (C=O) groups is 1. The van der Waals surface area contributed by atoms with E-state index < -0.39 is 5.60 Å². The van der Waals surface area contributed by atoms with Gasteiger partial charge in [-0.25, -0.2) is 9.78 Å². The minimum atomic E-state index is -0.478. The normalized spacial score (nSPS) is 14.8. The molecule has 0 atom stereocenters. The lowest BCUT2D eigenvalue weighted by molar-refractivity contribution is 0.0222. The molecule has 0 spiro atoms. The average Bonchev–Trinajstić information content (AvgIpc) is 2.35. The monoisotopic (exact) mass is 265 g/mol. The van der Waals surface area contributed by atoms with Crippen molar-refractivity contribution in [2.24, 2.45) is 0 Å². The average molecular weight is 265 g/mol. The minimum Gasteiger partial charge on any atom is -0.467 e. The van der Waals surface area contributed by atoms with Gasteiger partial charge in [-0.2, -0.15) is 4.98 Å². The lowest BCUT2D eigenvalue weighted by Gasteiger charge is -2.30. The summed E-state index contributed by atoms with van der Waals surface area (Å²) in [7, 11) is 1.54. The molecule has 1 aliphatic heterocycles. The van der Waals surface area contributed by atoms with Crippen molar-refractivity contribution in [3.05, 3.63) is 17.5 Å². The molecule has 104 valence electrons. The van der Waals surface area contributed by atoms with E-state index in [0.29, 0.717) is 25.5 Å². The molecule has 0 fully saturated rings. The third-order valence-electron chi connectivity index (χ3n) is 2.75. The van der Waals surface area contributed by atoms with E-state index in [1.54, 1.807) is 11.1 Å². The zero-order chi connectivity index (χ0) is 14.0. The highest BCUT2D eigenvalue weighted by molar-refractivity contribution is 5.68. The van der Waals surface area contributed by atoms with E-state index in [0.717, 1.165) is 11.3 Å². The summed E-state index contributed by atoms with van der Waals surface area (Å²) in [6.07, 6.45) is 2.10. The van der Waals surface area contributed by atoms with Gasteiger partial charge in [-0.05, 0) is 20.8 Å². The standard InChI is InChI=1S/C13H19N3O3/c1-13(2,3)19-12(17)16-6-5-10-9(8-16)7-14-11(15-10)18-4/h7H,5-6,8H2,1-4H3. The SMILES string of the molecule is COc1ncc2c(n1)CCN(C(=O)OC(C)(C)C)C2. The summed E-state index contributed by atoms with van der Waals surface area (Å²) in [4.78, 5) is 22.0. The highest BCUT2D eigenvalue weighted by Gasteiger charge is 2.26. The lowest BCUT2D eigenvalue weighted by Crippen LogP contribution is -2.40. The van der Waals surface area contributed by atoms with Crippen molar-refractivity contribution in [1.29, 1.82) is 0 Å². The summed E-state index contributed by atoms with van der Waals surface area (Å²) in [6.45, 7) is 6.65. The molecule has 0 saturated carbocycles. The Labute approximate surface area is 112 Å². The van der Waals surface area contributed by atoms with E-state index in [1.165, 1.54) is 7.11 Å². The molecule has 2 heterocycles. The number of rotatable bonds is 1. The number of nitrogens with zero attached hydrogens (tertiary/aromatic N) is 3. The third kappa shape index (κ3) is 3.33. The first-order chi connectivity index (χ1) is 8.89. The lowest BCUT2D eigenvalue weighted by atomic mass is 10.1. The zero-order valence-electron chi connectivity index (χ0n) is 11.8. The molecule has 0 radical (unpaired) electrons. The first-order valence-corrected chi connectivity index (χ1v) is 6.26. The van der Waals surface area contributed by atoms with Crippen LogP contribution in [-0.2, 0) is 17.7 Å². The third-order valence-corrected chi connectivity index (χ3v) is 2.75. The number of amides is 1. The van der Waals surface area contributed by atoms with Crippen molar-refractivity contribution in [1.82, 2.24) is 14.9 Å². The number of fused-ring (bicyclic) bond motifs is 1. The van der Waals surface area contributed by atoms with Crippen LogP contribution in [0.15, 0.2) is 6.20 Å². The van der Waals surface area contributed by atoms with Gasteiger partial charge in [0.05, 0.1) is 19.3 Å². The number of carbonyl (C=O) groups excluding carboxylic acids is 1. The van der Waals surface area contributed by atoms with Crippen molar-refractivity contribution in [3.63, 3.8) is 0 Å². The molecule has 6 nitrogen and oxygen atoms in total. The van der Waals surface area contributed by atoms with E-state index in [1.807, 2.05) is 20.8 Å². The Bertz CT molecular complexity index is 483. The van der Waals surface area contributed by atoms with Crippen molar-refractivity contribution in [2.45, 2.75) is 39.3 Å². The first-order valence-electron chi connectivity index (χ1n) is 6.26. The van der Waals surface area contributed by atoms with Crippen LogP contribution >= 0.6 is 0 Å². The second kappa shape index (κ2) is 5.03. The van der Waals surface area contributed by atoms with Gasteiger partial charge < -0.3 is 14.4 Å². The number of hydrogen-bond acceptors (Lipinski definition) is 5. The molecule has 0 saturated heterocycles. The maximum absolute atomic E-state index is 12.0. The van der Waals surface area contributed by atoms with Gasteiger partial charge in [0.15, 0.2) is 0 Å². The summed E-state index contributed by atoms with van der Waals surface area (Å²) in [5, 5.41) is 0. The molecule has 0 aliphatic carbocycles. The molecule has 2 rings (SSSR count). The van der Waals surface area contributed by atoms with Crippen LogP contribution in [0.2, 0.25) is 0 Å². The summed E-state index contributed by atoms with van der Waals surface area (Å²) < 4.78 is 10.4. The Morgan fingerprint density at radius 3 is 2.79 bits per heavy atom. The van der Waals surface area contributed by atoms with Crippen LogP contribution in [0.25, 0.3) is 0 Å². The van der Waals surface area contributed by atoms with E-state index in [4.69, 9.17) is 9.47 Å². The second-order valence-corrected chi connectivity index (χ2v) is 5.48. The zero-order valence-corrected chi connectivity index (χ0v) is 11.8. The van der Waals surface area contributed by atoms with E-state index in [9.17, 15) is 4.79 Å². The van der Waals surface area contributed by atoms with Gasteiger partial charge in [-0.3, -0.25) is 0 Å². The highest BCUT2D eigenvalue weighted by atomic mass is 16.6. The molecular weight excluding hydrogens is 246 g/mol. The van der Waals surface area contributed by atoms with Crippen molar-refractivity contribution < 1.29 is 14.3 Å². The molecule has 0 unspecified atom stereocenters. The van der Waals surface area contributed by atoms with Crippen LogP contribution in [0.1, 0.15) is 32.0 Å². The molecule has 0 aromatic carbocycles. The quantitative estimate of drug-likeness (QED) is 0.774. The van der Waals surface area contributed by atoms with Crippen molar-refractivity contribution >= 4 is 6.09 Å². The van der Waals surface area contributed by atoms with Crippen molar-refractivity contribution in [3.8, 4) is 6.01 Å². The summed E-state index contributed by atoms with van der Waals surface area (Å²) in [5.74, 6) is 0. The van der Waals surface area contributed by atoms with Gasteiger partial charge in [0.25, 0.3) is 0 Å². The fourth-order valence-electron chi connectivity index (χ4n) is 1.88. The van der Waals surface area contributed by atoms with Crippen LogP contribution in [0.4, 0.5) is 4.79 Å². The predicted molar refractivity (Wildman–Crippen MR) is 68.9 cm³/mol. The highest BCUT2D eigenvalue weighted by Crippen LogP contribution is 2.20. The van der Waals surface area contributed by atoms with Crippen LogP contribution in [-0.4, -0.2) is 40.2 Å². The predicted octanol–water partition coefficient (Wildman–Crippen LogP) is 1.78. The van der Waals surface area contributed by atoms with Gasteiger partial charge >= 0.3 is 12.1 Å². The Balaban J connectivity index is 2.08. The van der Waals surface area contributed by atoms with E-state index in [-0.39, 0.29) is 6.09 Å². The number of ether oxygens (including phenoxy) is 2. The minimum absolute atomic E-state index is 0.297. The Hall–Kier alpha value is -1.85. The fourth-order valence-corrected chi connectivity index (χ4v) is 1.88. The molecule has 1 aromatic heterocycles. The van der Waals surface area contributed by atoms with E-state index >= 15 is 0 Å². The Morgan fingerprint density at radius 1 is 1.42 bits per heavy atom. The maximum atomic E-state index is 12.0. The molecule has 0 bridgehead atoms. The maximum Gasteiger partial charge on any atom is 0.410 e. The second-order valence-electron chi connectivity index (χ2n) is 5.48. The first kappa shape index (κ1) is 13.6. The van der Waals surface area contributed by atoms with Gasteiger partial charge in [0.2, 0.25) is 0 Å². The fraction of sp³-hybridized carbons (Fsp3) is 0.615. The molecule has 0 N–H and O–H groups in total. The van der Waals surface area contributed by atoms with Crippen LogP contribution in [0, 0.1) is 0 Å². The van der Waals surface area contributed by atoms with Crippen molar-refractivity contribution in [2.75, 3.05) is 13.7 Å². The number of methoxy groups -OCH3 is 1. The number of aromatic nitrogens is 2. The van der Waals surface area contributed by atoms with E-state index in [2.05, 4.69) is 9.97 Å².